The first-order valence-electron chi connectivity index (χ1n) is 8.04. The Morgan fingerprint density at radius 3 is 2.96 bits per heavy atom. The number of likely N-dealkylation sites (tertiary alicyclic amines) is 1. The number of fused-ring (bicyclic) bond motifs is 1. The van der Waals surface area contributed by atoms with Crippen LogP contribution in [0.1, 0.15) is 16.8 Å². The zero-order valence-electron chi connectivity index (χ0n) is 13.4. The van der Waals surface area contributed by atoms with Crippen molar-refractivity contribution in [2.24, 2.45) is 11.3 Å². The fraction of sp³-hybridized carbons (Fsp3) is 0.438. The van der Waals surface area contributed by atoms with E-state index in [-0.39, 0.29) is 18.4 Å². The van der Waals surface area contributed by atoms with Gasteiger partial charge in [-0.25, -0.2) is 4.68 Å². The van der Waals surface area contributed by atoms with Gasteiger partial charge in [-0.3, -0.25) is 9.59 Å². The van der Waals surface area contributed by atoms with Gasteiger partial charge in [0, 0.05) is 31.2 Å². The van der Waals surface area contributed by atoms with Gasteiger partial charge in [0.2, 0.25) is 0 Å². The summed E-state index contributed by atoms with van der Waals surface area (Å²) in [5, 5.41) is 20.7. The molecule has 1 amide bonds. The maximum absolute atomic E-state index is 12.9. The van der Waals surface area contributed by atoms with E-state index in [9.17, 15) is 14.7 Å². The average molecular weight is 343 g/mol. The molecule has 2 aliphatic rings. The highest BCUT2D eigenvalue weighted by molar-refractivity contribution is 5.95. The molecule has 2 saturated heterocycles. The molecule has 2 atom stereocenters. The number of aromatic nitrogens is 4. The van der Waals surface area contributed by atoms with Crippen molar-refractivity contribution in [3.63, 3.8) is 0 Å². The molecule has 0 spiro atoms. The highest BCUT2D eigenvalue weighted by atomic mass is 16.5. The molecule has 0 unspecified atom stereocenters. The average Bonchev–Trinajstić information content (AvgIpc) is 3.29. The van der Waals surface area contributed by atoms with Gasteiger partial charge in [0.05, 0.1) is 17.7 Å². The smallest absolute Gasteiger partial charge is 0.311 e. The topological polar surface area (TPSA) is 110 Å². The van der Waals surface area contributed by atoms with E-state index >= 15 is 0 Å². The van der Waals surface area contributed by atoms with E-state index in [2.05, 4.69) is 15.5 Å². The molecule has 2 aliphatic heterocycles. The maximum atomic E-state index is 12.9. The molecule has 1 aromatic heterocycles. The lowest BCUT2D eigenvalue weighted by atomic mass is 9.74. The molecule has 2 aromatic rings. The highest BCUT2D eigenvalue weighted by Crippen LogP contribution is 2.42. The maximum Gasteiger partial charge on any atom is 0.311 e. The van der Waals surface area contributed by atoms with Crippen molar-refractivity contribution < 1.29 is 19.4 Å². The number of carbonyl (C=O) groups excluding carboxylic acids is 1. The Balaban J connectivity index is 1.60. The van der Waals surface area contributed by atoms with Crippen molar-refractivity contribution in [1.82, 2.24) is 25.1 Å². The van der Waals surface area contributed by atoms with Gasteiger partial charge in [-0.1, -0.05) is 6.07 Å². The molecular weight excluding hydrogens is 326 g/mol. The minimum atomic E-state index is -0.901. The molecular formula is C16H17N5O4. The van der Waals surface area contributed by atoms with Crippen molar-refractivity contribution >= 4 is 11.9 Å². The van der Waals surface area contributed by atoms with E-state index in [1.54, 1.807) is 29.2 Å². The molecule has 4 rings (SSSR count). The number of ether oxygens (including phenoxy) is 1. The molecule has 0 radical (unpaired) electrons. The van der Waals surface area contributed by atoms with Crippen LogP contribution in [-0.4, -0.2) is 68.4 Å². The van der Waals surface area contributed by atoms with Crippen LogP contribution in [0.2, 0.25) is 0 Å². The molecule has 3 heterocycles. The van der Waals surface area contributed by atoms with Crippen molar-refractivity contribution in [2.45, 2.75) is 6.42 Å². The summed E-state index contributed by atoms with van der Waals surface area (Å²) in [4.78, 5) is 26.4. The quantitative estimate of drug-likeness (QED) is 0.849. The minimum absolute atomic E-state index is 0.176. The first kappa shape index (κ1) is 15.7. The molecule has 9 heteroatoms. The van der Waals surface area contributed by atoms with Gasteiger partial charge in [-0.05, 0) is 35.0 Å². The number of carboxylic acids is 1. The van der Waals surface area contributed by atoms with Crippen LogP contribution in [0.4, 0.5) is 0 Å². The zero-order valence-corrected chi connectivity index (χ0v) is 13.4. The Kier molecular flexibility index (Phi) is 3.72. The third-order valence-electron chi connectivity index (χ3n) is 5.13. The summed E-state index contributed by atoms with van der Waals surface area (Å²) >= 11 is 0. The Morgan fingerprint density at radius 1 is 1.36 bits per heavy atom. The second kappa shape index (κ2) is 5.92. The Labute approximate surface area is 143 Å². The van der Waals surface area contributed by atoms with Crippen LogP contribution < -0.4 is 0 Å². The van der Waals surface area contributed by atoms with Gasteiger partial charge < -0.3 is 14.7 Å². The lowest BCUT2D eigenvalue weighted by Gasteiger charge is -2.33. The van der Waals surface area contributed by atoms with Crippen LogP contribution in [0.15, 0.2) is 30.6 Å². The Bertz CT molecular complexity index is 809. The van der Waals surface area contributed by atoms with Crippen LogP contribution in [0.25, 0.3) is 5.69 Å². The van der Waals surface area contributed by atoms with Crippen LogP contribution >= 0.6 is 0 Å². The summed E-state index contributed by atoms with van der Waals surface area (Å²) in [6.07, 6.45) is 1.88. The molecule has 0 bridgehead atoms. The molecule has 2 fully saturated rings. The fourth-order valence-electron chi connectivity index (χ4n) is 3.70. The molecule has 130 valence electrons. The standard InChI is InChI=1S/C16H17N5O4/c22-14(11-2-1-3-13(6-11)21-10-17-18-19-21)20-7-12-8-25-5-4-16(12,9-20)15(23)24/h1-3,6,10,12H,4-5,7-9H2,(H,23,24)/t12-,16+/m0/s1. The zero-order chi connectivity index (χ0) is 17.4. The van der Waals surface area contributed by atoms with Crippen molar-refractivity contribution in [2.75, 3.05) is 26.3 Å². The molecule has 1 aromatic carbocycles. The molecule has 0 aliphatic carbocycles. The van der Waals surface area contributed by atoms with Gasteiger partial charge in [-0.2, -0.15) is 0 Å². The first-order chi connectivity index (χ1) is 12.1. The third-order valence-corrected chi connectivity index (χ3v) is 5.13. The van der Waals surface area contributed by atoms with Crippen molar-refractivity contribution in [3.8, 4) is 5.69 Å². The summed E-state index contributed by atoms with van der Waals surface area (Å²) in [5.41, 5.74) is 0.248. The van der Waals surface area contributed by atoms with Crippen LogP contribution in [-0.2, 0) is 9.53 Å². The number of benzene rings is 1. The van der Waals surface area contributed by atoms with Gasteiger partial charge in [0.15, 0.2) is 0 Å². The minimum Gasteiger partial charge on any atom is -0.481 e. The number of hydrogen-bond acceptors (Lipinski definition) is 6. The number of nitrogens with zero attached hydrogens (tertiary/aromatic N) is 5. The largest absolute Gasteiger partial charge is 0.481 e. The number of tetrazole rings is 1. The number of aliphatic carboxylic acids is 1. The highest BCUT2D eigenvalue weighted by Gasteiger charge is 2.54. The van der Waals surface area contributed by atoms with Crippen molar-refractivity contribution in [3.05, 3.63) is 36.2 Å². The fourth-order valence-corrected chi connectivity index (χ4v) is 3.70. The lowest BCUT2D eigenvalue weighted by molar-refractivity contribution is -0.157. The van der Waals surface area contributed by atoms with E-state index in [4.69, 9.17) is 4.74 Å². The van der Waals surface area contributed by atoms with Gasteiger partial charge in [-0.15, -0.1) is 5.10 Å². The van der Waals surface area contributed by atoms with Gasteiger partial charge >= 0.3 is 5.97 Å². The number of rotatable bonds is 3. The van der Waals surface area contributed by atoms with Crippen molar-refractivity contribution in [1.29, 1.82) is 0 Å². The predicted octanol–water partition coefficient (Wildman–Crippen LogP) is 0.226. The van der Waals surface area contributed by atoms with E-state index in [1.807, 2.05) is 0 Å². The van der Waals surface area contributed by atoms with E-state index < -0.39 is 11.4 Å². The van der Waals surface area contributed by atoms with E-state index in [0.717, 1.165) is 0 Å². The summed E-state index contributed by atoms with van der Waals surface area (Å²) < 4.78 is 6.90. The van der Waals surface area contributed by atoms with Crippen LogP contribution in [0.5, 0.6) is 0 Å². The number of carboxylic acid groups (broad SMARTS) is 1. The summed E-state index contributed by atoms with van der Waals surface area (Å²) in [6.45, 7) is 1.39. The second-order valence-electron chi connectivity index (χ2n) is 6.47. The number of amides is 1. The normalized spacial score (nSPS) is 25.6. The summed E-state index contributed by atoms with van der Waals surface area (Å²) in [5.74, 6) is -1.21. The SMILES string of the molecule is O=C(c1cccc(-n2cnnn2)c1)N1C[C@H]2COCC[C@@]2(C(=O)O)C1. The number of hydrogen-bond donors (Lipinski definition) is 1. The monoisotopic (exact) mass is 343 g/mol. The second-order valence-corrected chi connectivity index (χ2v) is 6.47. The Hall–Kier alpha value is -2.81. The first-order valence-corrected chi connectivity index (χ1v) is 8.04. The molecule has 0 saturated carbocycles. The van der Waals surface area contributed by atoms with E-state index in [1.165, 1.54) is 11.0 Å². The van der Waals surface area contributed by atoms with Gasteiger partial charge in [0.25, 0.3) is 5.91 Å². The third kappa shape index (κ3) is 2.56. The van der Waals surface area contributed by atoms with E-state index in [0.29, 0.717) is 37.4 Å². The number of carbonyl (C=O) groups is 2. The summed E-state index contributed by atoms with van der Waals surface area (Å²) in [7, 11) is 0. The van der Waals surface area contributed by atoms with Crippen LogP contribution in [0, 0.1) is 11.3 Å². The summed E-state index contributed by atoms with van der Waals surface area (Å²) in [6, 6.07) is 6.96. The molecule has 9 nitrogen and oxygen atoms in total. The lowest BCUT2D eigenvalue weighted by Crippen LogP contribution is -2.45. The molecule has 1 N–H and O–H groups in total. The Morgan fingerprint density at radius 2 is 2.24 bits per heavy atom. The predicted molar refractivity (Wildman–Crippen MR) is 84.1 cm³/mol. The van der Waals surface area contributed by atoms with Gasteiger partial charge in [0.1, 0.15) is 6.33 Å². The van der Waals surface area contributed by atoms with Crippen LogP contribution in [0.3, 0.4) is 0 Å². The molecule has 25 heavy (non-hydrogen) atoms.